The molecule has 3 nitrogen and oxygen atoms in total. The van der Waals surface area contributed by atoms with Crippen molar-refractivity contribution in [3.63, 3.8) is 0 Å². The van der Waals surface area contributed by atoms with Crippen LogP contribution in [0.15, 0.2) is 18.2 Å². The van der Waals surface area contributed by atoms with E-state index in [1.54, 1.807) is 0 Å². The molecule has 0 atom stereocenters. The first-order chi connectivity index (χ1) is 9.71. The highest BCUT2D eigenvalue weighted by Gasteiger charge is 2.34. The number of nitrogens with one attached hydrogen (secondary N) is 1. The van der Waals surface area contributed by atoms with Crippen LogP contribution in [0.1, 0.15) is 30.9 Å². The molecule has 2 rings (SSSR count). The number of benzene rings is 1. The van der Waals surface area contributed by atoms with Crippen LogP contribution in [0.5, 0.6) is 0 Å². The van der Waals surface area contributed by atoms with Gasteiger partial charge in [0.1, 0.15) is 4.99 Å². The second kappa shape index (κ2) is 5.81. The van der Waals surface area contributed by atoms with Crippen LogP contribution in [0.3, 0.4) is 0 Å². The maximum atomic E-state index is 12.9. The number of rotatable bonds is 3. The molecule has 1 aromatic carbocycles. The van der Waals surface area contributed by atoms with Crippen molar-refractivity contribution >= 4 is 22.9 Å². The Labute approximate surface area is 126 Å². The second-order valence-corrected chi connectivity index (χ2v) is 5.86. The summed E-state index contributed by atoms with van der Waals surface area (Å²) in [6.45, 7) is 3.28. The van der Waals surface area contributed by atoms with Gasteiger partial charge in [-0.3, -0.25) is 0 Å². The lowest BCUT2D eigenvalue weighted by molar-refractivity contribution is -0.137. The van der Waals surface area contributed by atoms with Gasteiger partial charge in [-0.2, -0.15) is 13.2 Å². The van der Waals surface area contributed by atoms with Crippen molar-refractivity contribution in [2.75, 3.05) is 18.5 Å². The zero-order valence-electron chi connectivity index (χ0n) is 11.6. The number of alkyl halides is 3. The Morgan fingerprint density at radius 2 is 1.95 bits per heavy atom. The first kappa shape index (κ1) is 16.0. The monoisotopic (exact) mass is 318 g/mol. The standard InChI is InChI=1S/C14H17F3N2OS/c1-13(4-6-20-7-5-13)19-9-2-3-11(14(15,16)17)10(8-9)12(18)21/h2-3,8,19H,4-7H2,1H3,(H2,18,21). The summed E-state index contributed by atoms with van der Waals surface area (Å²) in [6.07, 6.45) is -2.90. The third-order valence-electron chi connectivity index (χ3n) is 3.63. The Bertz CT molecular complexity index is 540. The zero-order chi connectivity index (χ0) is 15.7. The van der Waals surface area contributed by atoms with Crippen molar-refractivity contribution in [1.82, 2.24) is 0 Å². The summed E-state index contributed by atoms with van der Waals surface area (Å²) in [5, 5.41) is 3.27. The smallest absolute Gasteiger partial charge is 0.389 e. The lowest BCUT2D eigenvalue weighted by Gasteiger charge is -2.35. The van der Waals surface area contributed by atoms with Gasteiger partial charge in [0.05, 0.1) is 5.56 Å². The minimum atomic E-state index is -4.47. The SMILES string of the molecule is CC1(Nc2ccc(C(F)(F)F)c(C(N)=S)c2)CCOCC1. The van der Waals surface area contributed by atoms with Gasteiger partial charge in [0.25, 0.3) is 0 Å². The van der Waals surface area contributed by atoms with Crippen LogP contribution in [-0.2, 0) is 10.9 Å². The van der Waals surface area contributed by atoms with Gasteiger partial charge in [-0.05, 0) is 38.0 Å². The maximum absolute atomic E-state index is 12.9. The third-order valence-corrected chi connectivity index (χ3v) is 3.85. The first-order valence-electron chi connectivity index (χ1n) is 6.58. The highest BCUT2D eigenvalue weighted by molar-refractivity contribution is 7.80. The molecule has 1 fully saturated rings. The van der Waals surface area contributed by atoms with Crippen molar-refractivity contribution in [3.8, 4) is 0 Å². The molecular weight excluding hydrogens is 301 g/mol. The van der Waals surface area contributed by atoms with Gasteiger partial charge >= 0.3 is 6.18 Å². The number of ether oxygens (including phenoxy) is 1. The van der Waals surface area contributed by atoms with Crippen molar-refractivity contribution in [2.45, 2.75) is 31.5 Å². The molecule has 1 aromatic rings. The topological polar surface area (TPSA) is 47.3 Å². The number of nitrogens with two attached hydrogens (primary N) is 1. The molecule has 1 saturated heterocycles. The quantitative estimate of drug-likeness (QED) is 0.839. The zero-order valence-corrected chi connectivity index (χ0v) is 12.4. The van der Waals surface area contributed by atoms with Crippen LogP contribution in [0, 0.1) is 0 Å². The van der Waals surface area contributed by atoms with E-state index in [0.717, 1.165) is 18.9 Å². The Balaban J connectivity index is 2.30. The number of halogens is 3. The van der Waals surface area contributed by atoms with E-state index in [1.165, 1.54) is 12.1 Å². The van der Waals surface area contributed by atoms with Crippen LogP contribution in [0.2, 0.25) is 0 Å². The summed E-state index contributed by atoms with van der Waals surface area (Å²) in [6, 6.07) is 3.79. The highest BCUT2D eigenvalue weighted by Crippen LogP contribution is 2.34. The molecule has 0 amide bonds. The van der Waals surface area contributed by atoms with Crippen LogP contribution < -0.4 is 11.1 Å². The van der Waals surface area contributed by atoms with E-state index in [-0.39, 0.29) is 16.1 Å². The molecule has 7 heteroatoms. The number of anilines is 1. The van der Waals surface area contributed by atoms with Gasteiger partial charge in [0.15, 0.2) is 0 Å². The van der Waals surface area contributed by atoms with E-state index >= 15 is 0 Å². The molecule has 0 unspecified atom stereocenters. The molecule has 0 aliphatic carbocycles. The van der Waals surface area contributed by atoms with E-state index in [0.29, 0.717) is 18.9 Å². The summed E-state index contributed by atoms with van der Waals surface area (Å²) in [7, 11) is 0. The molecule has 0 spiro atoms. The van der Waals surface area contributed by atoms with Crippen LogP contribution >= 0.6 is 12.2 Å². The molecule has 1 heterocycles. The largest absolute Gasteiger partial charge is 0.417 e. The van der Waals surface area contributed by atoms with Gasteiger partial charge in [0, 0.05) is 30.0 Å². The van der Waals surface area contributed by atoms with Gasteiger partial charge in [-0.15, -0.1) is 0 Å². The maximum Gasteiger partial charge on any atom is 0.417 e. The Kier molecular flexibility index (Phi) is 4.43. The van der Waals surface area contributed by atoms with Crippen LogP contribution in [0.4, 0.5) is 18.9 Å². The molecule has 3 N–H and O–H groups in total. The molecule has 1 aliphatic heterocycles. The summed E-state index contributed by atoms with van der Waals surface area (Å²) in [5.74, 6) is 0. The Morgan fingerprint density at radius 1 is 1.33 bits per heavy atom. The van der Waals surface area contributed by atoms with E-state index < -0.39 is 11.7 Å². The van der Waals surface area contributed by atoms with Crippen LogP contribution in [0.25, 0.3) is 0 Å². The minimum absolute atomic E-state index is 0.154. The van der Waals surface area contributed by atoms with Gasteiger partial charge in [0.2, 0.25) is 0 Å². The van der Waals surface area contributed by atoms with Crippen LogP contribution in [-0.4, -0.2) is 23.7 Å². The molecular formula is C14H17F3N2OS. The molecule has 1 aliphatic rings. The summed E-state index contributed by atoms with van der Waals surface area (Å²) in [4.78, 5) is -0.261. The molecule has 21 heavy (non-hydrogen) atoms. The van der Waals surface area contributed by atoms with E-state index in [9.17, 15) is 13.2 Å². The lowest BCUT2D eigenvalue weighted by atomic mass is 9.92. The third kappa shape index (κ3) is 3.85. The molecule has 116 valence electrons. The fourth-order valence-electron chi connectivity index (χ4n) is 2.37. The highest BCUT2D eigenvalue weighted by atomic mass is 32.1. The Hall–Kier alpha value is -1.34. The minimum Gasteiger partial charge on any atom is -0.389 e. The summed E-state index contributed by atoms with van der Waals surface area (Å²) < 4.78 is 44.1. The number of hydrogen-bond acceptors (Lipinski definition) is 3. The Morgan fingerprint density at radius 3 is 2.48 bits per heavy atom. The van der Waals surface area contributed by atoms with E-state index in [2.05, 4.69) is 5.32 Å². The molecule has 0 radical (unpaired) electrons. The molecule has 0 aromatic heterocycles. The van der Waals surface area contributed by atoms with Gasteiger partial charge in [-0.1, -0.05) is 12.2 Å². The number of hydrogen-bond donors (Lipinski definition) is 2. The molecule has 0 saturated carbocycles. The predicted octanol–water partition coefficient (Wildman–Crippen LogP) is 3.32. The fourth-order valence-corrected chi connectivity index (χ4v) is 2.54. The van der Waals surface area contributed by atoms with Gasteiger partial charge < -0.3 is 15.8 Å². The fraction of sp³-hybridized carbons (Fsp3) is 0.500. The summed E-state index contributed by atoms with van der Waals surface area (Å²) in [5.41, 5.74) is 4.84. The predicted molar refractivity (Wildman–Crippen MR) is 79.4 cm³/mol. The van der Waals surface area contributed by atoms with E-state index in [1.807, 2.05) is 6.92 Å². The first-order valence-corrected chi connectivity index (χ1v) is 6.99. The van der Waals surface area contributed by atoms with Crippen molar-refractivity contribution in [1.29, 1.82) is 0 Å². The van der Waals surface area contributed by atoms with Crippen molar-refractivity contribution in [2.24, 2.45) is 5.73 Å². The second-order valence-electron chi connectivity index (χ2n) is 5.42. The lowest BCUT2D eigenvalue weighted by Crippen LogP contribution is -2.40. The molecule has 0 bridgehead atoms. The van der Waals surface area contributed by atoms with Gasteiger partial charge in [-0.25, -0.2) is 0 Å². The summed E-state index contributed by atoms with van der Waals surface area (Å²) >= 11 is 4.74. The van der Waals surface area contributed by atoms with Crippen molar-refractivity contribution < 1.29 is 17.9 Å². The normalized spacial score (nSPS) is 18.3. The van der Waals surface area contributed by atoms with Crippen molar-refractivity contribution in [3.05, 3.63) is 29.3 Å². The van der Waals surface area contributed by atoms with E-state index in [4.69, 9.17) is 22.7 Å². The number of thiocarbonyl (C=S) groups is 1. The average molecular weight is 318 g/mol. The average Bonchev–Trinajstić information content (AvgIpc) is 2.37.